The Morgan fingerprint density at radius 1 is 1.19 bits per heavy atom. The number of benzene rings is 3. The van der Waals surface area contributed by atoms with Crippen molar-refractivity contribution < 1.29 is 14.6 Å². The monoisotopic (exact) mass is 426 g/mol. The fourth-order valence-electron chi connectivity index (χ4n) is 3.19. The van der Waals surface area contributed by atoms with Gasteiger partial charge in [-0.2, -0.15) is 5.26 Å². The summed E-state index contributed by atoms with van der Waals surface area (Å²) in [6.07, 6.45) is 3.46. The molecular weight excluding hydrogens is 404 g/mol. The Hall–Kier alpha value is -4.57. The van der Waals surface area contributed by atoms with Crippen molar-refractivity contribution >= 4 is 23.0 Å². The second kappa shape index (κ2) is 9.96. The van der Waals surface area contributed by atoms with Gasteiger partial charge in [-0.1, -0.05) is 18.2 Å². The van der Waals surface area contributed by atoms with Crippen LogP contribution in [0.4, 0.5) is 0 Å². The van der Waals surface area contributed by atoms with Gasteiger partial charge in [0, 0.05) is 35.4 Å². The number of aromatic nitrogens is 1. The van der Waals surface area contributed by atoms with Gasteiger partial charge in [-0.05, 0) is 59.7 Å². The molecule has 7 heteroatoms. The van der Waals surface area contributed by atoms with Crippen LogP contribution >= 0.6 is 0 Å². The van der Waals surface area contributed by atoms with Gasteiger partial charge in [-0.3, -0.25) is 4.79 Å². The molecule has 4 rings (SSSR count). The summed E-state index contributed by atoms with van der Waals surface area (Å²) in [4.78, 5) is 10.6. The second-order valence-electron chi connectivity index (χ2n) is 6.97. The molecule has 160 valence electrons. The molecule has 0 atom stereocenters. The minimum atomic E-state index is -0.619. The quantitative estimate of drug-likeness (QED) is 0.416. The number of ether oxygens (including phenoxy) is 1. The molecule has 0 saturated heterocycles. The number of methoxy groups -OCH3 is 1. The third kappa shape index (κ3) is 5.12. The maximum absolute atomic E-state index is 10.6. The number of hydrogen-bond acceptors (Lipinski definition) is 5. The number of nitrogens with two attached hydrogens (primary N) is 1. The van der Waals surface area contributed by atoms with Crippen molar-refractivity contribution in [2.45, 2.75) is 6.54 Å². The predicted molar refractivity (Wildman–Crippen MR) is 123 cm³/mol. The van der Waals surface area contributed by atoms with Gasteiger partial charge < -0.3 is 25.6 Å². The lowest BCUT2D eigenvalue weighted by Crippen LogP contribution is -2.10. The van der Waals surface area contributed by atoms with Crippen molar-refractivity contribution in [2.75, 3.05) is 7.11 Å². The molecule has 3 aromatic carbocycles. The number of carbonyl (C=O) groups is 1. The maximum Gasteiger partial charge on any atom is 0.248 e. The van der Waals surface area contributed by atoms with Crippen molar-refractivity contribution in [1.82, 2.24) is 4.57 Å². The molecule has 7 nitrogen and oxygen atoms in total. The van der Waals surface area contributed by atoms with Crippen LogP contribution in [0.1, 0.15) is 27.0 Å². The van der Waals surface area contributed by atoms with Crippen LogP contribution < -0.4 is 10.5 Å². The van der Waals surface area contributed by atoms with Crippen LogP contribution in [-0.4, -0.2) is 28.9 Å². The number of phenols is 1. The smallest absolute Gasteiger partial charge is 0.248 e. The number of phenolic OH excluding ortho intramolecular Hbond substituents is 1. The third-order valence-corrected chi connectivity index (χ3v) is 4.85. The van der Waals surface area contributed by atoms with Crippen molar-refractivity contribution in [1.29, 1.82) is 10.7 Å². The Kier molecular flexibility index (Phi) is 6.88. The summed E-state index contributed by atoms with van der Waals surface area (Å²) in [6.45, 7) is 0.810. The van der Waals surface area contributed by atoms with E-state index in [1.54, 1.807) is 13.2 Å². The average Bonchev–Trinajstić information content (AvgIpc) is 3.21. The van der Waals surface area contributed by atoms with E-state index in [9.17, 15) is 4.79 Å². The summed E-state index contributed by atoms with van der Waals surface area (Å²) in [5.41, 5.74) is 8.53. The Labute approximate surface area is 185 Å². The highest BCUT2D eigenvalue weighted by atomic mass is 16.5. The Bertz CT molecular complexity index is 1320. The number of nitrogens with one attached hydrogen (secondary N) is 1. The largest absolute Gasteiger partial charge is 0.507 e. The zero-order chi connectivity index (χ0) is 23.1. The Morgan fingerprint density at radius 3 is 2.69 bits per heavy atom. The number of nitrogens with zero attached hydrogens (tertiary/aromatic N) is 2. The van der Waals surface area contributed by atoms with Gasteiger partial charge in [-0.15, -0.1) is 0 Å². The van der Waals surface area contributed by atoms with E-state index in [0.29, 0.717) is 0 Å². The summed E-state index contributed by atoms with van der Waals surface area (Å²) in [5.74, 6) is 0.110. The highest BCUT2D eigenvalue weighted by Gasteiger charge is 2.05. The zero-order valence-electron chi connectivity index (χ0n) is 17.4. The normalized spacial score (nSPS) is 10.0. The van der Waals surface area contributed by atoms with Crippen LogP contribution in [0.2, 0.25) is 0 Å². The van der Waals surface area contributed by atoms with Crippen molar-refractivity contribution in [2.24, 2.45) is 5.73 Å². The van der Waals surface area contributed by atoms with E-state index >= 15 is 0 Å². The van der Waals surface area contributed by atoms with E-state index in [0.717, 1.165) is 23.2 Å². The van der Waals surface area contributed by atoms with E-state index in [2.05, 4.69) is 35.0 Å². The lowest BCUT2D eigenvalue weighted by Gasteiger charge is -2.07. The number of carbonyl (C=O) groups excluding carboxylic acids is 1. The molecule has 4 aromatic rings. The predicted octanol–water partition coefficient (Wildman–Crippen LogP) is 4.06. The molecule has 0 unspecified atom stereocenters. The molecular formula is C25H22N4O3. The van der Waals surface area contributed by atoms with E-state index < -0.39 is 5.91 Å². The topological polar surface area (TPSA) is 125 Å². The summed E-state index contributed by atoms with van der Waals surface area (Å²) in [6, 6.07) is 21.9. The molecule has 0 aliphatic rings. The number of rotatable bonds is 5. The van der Waals surface area contributed by atoms with E-state index in [1.165, 1.54) is 35.5 Å². The maximum atomic E-state index is 10.6. The van der Waals surface area contributed by atoms with Crippen molar-refractivity contribution in [3.8, 4) is 17.6 Å². The first kappa shape index (κ1) is 22.1. The molecule has 32 heavy (non-hydrogen) atoms. The molecule has 0 radical (unpaired) electrons. The first-order valence-electron chi connectivity index (χ1n) is 9.70. The number of hydrogen-bond donors (Lipinski definition) is 3. The van der Waals surface area contributed by atoms with E-state index in [-0.39, 0.29) is 16.9 Å². The van der Waals surface area contributed by atoms with Crippen LogP contribution in [-0.2, 0) is 6.54 Å². The SMILES string of the molecule is COc1cccc(Cn2ccc3cc(C=N)ccc32)c1.N#Cc1cc(C(N)=O)ccc1O. The van der Waals surface area contributed by atoms with Crippen molar-refractivity contribution in [3.05, 3.63) is 95.2 Å². The standard InChI is InChI=1S/C17H16N2O.C8H6N2O2/c1-20-16-4-2-3-14(10-16)12-19-8-7-15-9-13(11-18)5-6-17(15)19;9-4-6-3-5(8(10)12)1-2-7(6)11/h2-11,18H,12H2,1H3;1-3,11H,(H2,10,12). The van der Waals surface area contributed by atoms with Crippen LogP contribution in [0.25, 0.3) is 10.9 Å². The van der Waals surface area contributed by atoms with E-state index in [1.807, 2.05) is 24.3 Å². The minimum Gasteiger partial charge on any atom is -0.507 e. The number of aromatic hydroxyl groups is 1. The highest BCUT2D eigenvalue weighted by Crippen LogP contribution is 2.20. The molecule has 1 amide bonds. The van der Waals surface area contributed by atoms with Crippen LogP contribution in [0, 0.1) is 16.7 Å². The fourth-order valence-corrected chi connectivity index (χ4v) is 3.19. The van der Waals surface area contributed by atoms with Gasteiger partial charge in [-0.25, -0.2) is 0 Å². The summed E-state index contributed by atoms with van der Waals surface area (Å²) >= 11 is 0. The second-order valence-corrected chi connectivity index (χ2v) is 6.97. The van der Waals surface area contributed by atoms with Gasteiger partial charge in [0.25, 0.3) is 0 Å². The molecule has 0 bridgehead atoms. The molecule has 1 heterocycles. The average molecular weight is 426 g/mol. The van der Waals surface area contributed by atoms with Crippen LogP contribution in [0.5, 0.6) is 11.5 Å². The molecule has 0 aliphatic heterocycles. The molecule has 0 fully saturated rings. The zero-order valence-corrected chi connectivity index (χ0v) is 17.4. The fraction of sp³-hybridized carbons (Fsp3) is 0.0800. The first-order chi connectivity index (χ1) is 15.4. The highest BCUT2D eigenvalue weighted by molar-refractivity contribution is 5.93. The molecule has 0 saturated carbocycles. The summed E-state index contributed by atoms with van der Waals surface area (Å²) in [7, 11) is 1.68. The third-order valence-electron chi connectivity index (χ3n) is 4.85. The summed E-state index contributed by atoms with van der Waals surface area (Å²) in [5, 5.41) is 26.0. The van der Waals surface area contributed by atoms with Gasteiger partial charge in [0.1, 0.15) is 17.6 Å². The van der Waals surface area contributed by atoms with Gasteiger partial charge >= 0.3 is 0 Å². The number of fused-ring (bicyclic) bond motifs is 1. The molecule has 4 N–H and O–H groups in total. The minimum absolute atomic E-state index is 0.0475. The van der Waals surface area contributed by atoms with Crippen molar-refractivity contribution in [3.63, 3.8) is 0 Å². The Morgan fingerprint density at radius 2 is 2.00 bits per heavy atom. The van der Waals surface area contributed by atoms with E-state index in [4.69, 9.17) is 26.2 Å². The van der Waals surface area contributed by atoms with Gasteiger partial charge in [0.2, 0.25) is 5.91 Å². The number of amides is 1. The summed E-state index contributed by atoms with van der Waals surface area (Å²) < 4.78 is 7.46. The lowest BCUT2D eigenvalue weighted by atomic mass is 10.1. The number of nitriles is 1. The lowest BCUT2D eigenvalue weighted by molar-refractivity contribution is 0.1000. The first-order valence-corrected chi connectivity index (χ1v) is 9.70. The molecule has 0 aliphatic carbocycles. The molecule has 1 aromatic heterocycles. The van der Waals surface area contributed by atoms with Crippen LogP contribution in [0.15, 0.2) is 72.9 Å². The Balaban J connectivity index is 0.000000207. The van der Waals surface area contributed by atoms with Gasteiger partial charge in [0.15, 0.2) is 0 Å². The van der Waals surface area contributed by atoms with Crippen LogP contribution in [0.3, 0.4) is 0 Å². The molecule has 0 spiro atoms. The van der Waals surface area contributed by atoms with Gasteiger partial charge in [0.05, 0.1) is 12.7 Å². The number of primary amides is 1.